The molecule has 0 amide bonds. The second kappa shape index (κ2) is 9.25. The molecular weight excluding hydrogens is 409 g/mol. The summed E-state index contributed by atoms with van der Waals surface area (Å²) in [7, 11) is 0. The number of para-hydroxylation sites is 1. The summed E-state index contributed by atoms with van der Waals surface area (Å²) in [5.74, 6) is 0.364. The molecule has 5 rings (SSSR count). The van der Waals surface area contributed by atoms with Crippen LogP contribution in [0.15, 0.2) is 71.9 Å². The maximum absolute atomic E-state index is 14.4. The Labute approximate surface area is 183 Å². The van der Waals surface area contributed by atoms with Crippen LogP contribution >= 0.6 is 0 Å². The third kappa shape index (κ3) is 4.00. The number of benzene rings is 2. The van der Waals surface area contributed by atoms with Crippen molar-refractivity contribution < 1.29 is 4.39 Å². The second-order valence-corrected chi connectivity index (χ2v) is 6.60. The van der Waals surface area contributed by atoms with E-state index >= 15 is 0 Å². The molecule has 0 bridgehead atoms. The van der Waals surface area contributed by atoms with Crippen LogP contribution in [0.2, 0.25) is 0 Å². The zero-order chi connectivity index (χ0) is 22.5. The highest BCUT2D eigenvalue weighted by atomic mass is 19.1. The number of nitrogens with zero attached hydrogens (tertiary/aromatic N) is 4. The van der Waals surface area contributed by atoms with Gasteiger partial charge < -0.3 is 10.3 Å². The molecule has 3 N–H and O–H groups in total. The molecule has 5 aromatic rings. The van der Waals surface area contributed by atoms with Gasteiger partial charge in [0, 0.05) is 6.20 Å². The van der Waals surface area contributed by atoms with Gasteiger partial charge in [-0.25, -0.2) is 24.0 Å². The number of nitrogens with one attached hydrogen (secondary N) is 3. The van der Waals surface area contributed by atoms with Crippen molar-refractivity contribution in [1.82, 2.24) is 24.6 Å². The van der Waals surface area contributed by atoms with E-state index in [0.29, 0.717) is 23.0 Å². The van der Waals surface area contributed by atoms with Gasteiger partial charge >= 0.3 is 0 Å². The Balaban J connectivity index is 0.00000119. The van der Waals surface area contributed by atoms with Crippen LogP contribution in [0.25, 0.3) is 21.9 Å². The van der Waals surface area contributed by atoms with Crippen molar-refractivity contribution in [2.75, 3.05) is 10.7 Å². The normalized spacial score (nSPS) is 10.6. The molecule has 3 aromatic heterocycles. The molecule has 9 heteroatoms. The molecule has 32 heavy (non-hydrogen) atoms. The lowest BCUT2D eigenvalue weighted by Crippen LogP contribution is -2.32. The van der Waals surface area contributed by atoms with Gasteiger partial charge in [-0.3, -0.25) is 10.2 Å². The Kier molecular flexibility index (Phi) is 6.07. The fourth-order valence-corrected chi connectivity index (χ4v) is 3.29. The van der Waals surface area contributed by atoms with Crippen molar-refractivity contribution in [1.29, 1.82) is 0 Å². The van der Waals surface area contributed by atoms with Gasteiger partial charge in [-0.2, -0.15) is 0 Å². The first-order valence-electron chi connectivity index (χ1n) is 10.2. The fraction of sp³-hybridized carbons (Fsp3) is 0.130. The fourth-order valence-electron chi connectivity index (χ4n) is 3.29. The summed E-state index contributed by atoms with van der Waals surface area (Å²) in [4.78, 5) is 29.1. The van der Waals surface area contributed by atoms with Crippen LogP contribution < -0.4 is 16.3 Å². The molecule has 0 radical (unpaired) electrons. The largest absolute Gasteiger partial charge is 0.362 e. The van der Waals surface area contributed by atoms with Gasteiger partial charge in [0.2, 0.25) is 0 Å². The Morgan fingerprint density at radius 3 is 2.66 bits per heavy atom. The van der Waals surface area contributed by atoms with Crippen LogP contribution in [0.1, 0.15) is 19.7 Å². The molecule has 0 aliphatic carbocycles. The molecule has 0 aliphatic heterocycles. The van der Waals surface area contributed by atoms with Crippen LogP contribution in [0.4, 0.5) is 15.9 Å². The molecule has 162 valence electrons. The van der Waals surface area contributed by atoms with E-state index in [9.17, 15) is 9.18 Å². The highest BCUT2D eigenvalue weighted by molar-refractivity contribution is 5.86. The lowest BCUT2D eigenvalue weighted by atomic mass is 10.2. The maximum Gasteiger partial charge on any atom is 0.283 e. The molecule has 0 atom stereocenters. The predicted molar refractivity (Wildman–Crippen MR) is 124 cm³/mol. The van der Waals surface area contributed by atoms with Crippen molar-refractivity contribution in [2.24, 2.45) is 0 Å². The topological polar surface area (TPSA) is 101 Å². The number of hydrogen-bond donors (Lipinski definition) is 3. The summed E-state index contributed by atoms with van der Waals surface area (Å²) in [6, 6.07) is 15.4. The summed E-state index contributed by atoms with van der Waals surface area (Å²) in [6.07, 6.45) is 3.22. The third-order valence-electron chi connectivity index (χ3n) is 4.70. The minimum Gasteiger partial charge on any atom is -0.362 e. The van der Waals surface area contributed by atoms with Crippen LogP contribution in [-0.2, 0) is 6.54 Å². The van der Waals surface area contributed by atoms with Gasteiger partial charge in [-0.1, -0.05) is 38.1 Å². The zero-order valence-electron chi connectivity index (χ0n) is 17.6. The van der Waals surface area contributed by atoms with Crippen LogP contribution in [0.3, 0.4) is 0 Å². The Morgan fingerprint density at radius 1 is 1.03 bits per heavy atom. The highest BCUT2D eigenvalue weighted by Crippen LogP contribution is 2.19. The average molecular weight is 431 g/mol. The van der Waals surface area contributed by atoms with E-state index in [0.717, 1.165) is 5.39 Å². The average Bonchev–Trinajstić information content (AvgIpc) is 3.31. The molecule has 0 unspecified atom stereocenters. The molecule has 0 fully saturated rings. The summed E-state index contributed by atoms with van der Waals surface area (Å²) in [6.45, 7) is 4.18. The van der Waals surface area contributed by atoms with Gasteiger partial charge in [0.05, 0.1) is 23.1 Å². The summed E-state index contributed by atoms with van der Waals surface area (Å²) in [5, 5.41) is 3.94. The first-order valence-corrected chi connectivity index (χ1v) is 10.2. The number of aromatic nitrogens is 5. The number of hydrogen-bond acceptors (Lipinski definition) is 6. The summed E-state index contributed by atoms with van der Waals surface area (Å²) < 4.78 is 15.6. The molecule has 0 saturated heterocycles. The van der Waals surface area contributed by atoms with Gasteiger partial charge in [-0.05, 0) is 30.3 Å². The minimum atomic E-state index is -0.613. The van der Waals surface area contributed by atoms with E-state index in [1.165, 1.54) is 23.1 Å². The Hall–Kier alpha value is -4.27. The van der Waals surface area contributed by atoms with Gasteiger partial charge in [0.1, 0.15) is 29.0 Å². The number of anilines is 2. The number of fused-ring (bicyclic) bond motifs is 2. The van der Waals surface area contributed by atoms with E-state index in [1.54, 1.807) is 12.3 Å². The molecule has 0 aliphatic rings. The van der Waals surface area contributed by atoms with Crippen molar-refractivity contribution in [2.45, 2.75) is 20.4 Å². The standard InChI is InChI=1S/C21H16FN7O.C2H6/c22-15-7-4-8-16-18(15)21(30)29(28-13-5-2-1-3-6-13)17(27-16)11-24-20-14-9-10-23-19(14)25-12-26-20;1-2/h1-10,12,28H,11H2,(H2,23,24,25,26);1-2H3. The second-order valence-electron chi connectivity index (χ2n) is 6.60. The van der Waals surface area contributed by atoms with Crippen LogP contribution in [0, 0.1) is 5.82 Å². The minimum absolute atomic E-state index is 0.0697. The summed E-state index contributed by atoms with van der Waals surface area (Å²) in [5.41, 5.74) is 4.16. The Bertz CT molecular complexity index is 1410. The van der Waals surface area contributed by atoms with Crippen molar-refractivity contribution in [3.05, 3.63) is 89.1 Å². The number of halogens is 1. The van der Waals surface area contributed by atoms with Gasteiger partial charge in [0.15, 0.2) is 5.82 Å². The first kappa shape index (κ1) is 21.0. The first-order chi connectivity index (χ1) is 15.7. The predicted octanol–water partition coefficient (Wildman–Crippen LogP) is 4.32. The zero-order valence-corrected chi connectivity index (χ0v) is 17.6. The smallest absolute Gasteiger partial charge is 0.283 e. The molecule has 8 nitrogen and oxygen atoms in total. The van der Waals surface area contributed by atoms with Crippen LogP contribution in [0.5, 0.6) is 0 Å². The van der Waals surface area contributed by atoms with E-state index in [-0.39, 0.29) is 17.4 Å². The van der Waals surface area contributed by atoms with Crippen LogP contribution in [-0.4, -0.2) is 24.6 Å². The maximum atomic E-state index is 14.4. The highest BCUT2D eigenvalue weighted by Gasteiger charge is 2.15. The monoisotopic (exact) mass is 431 g/mol. The number of aromatic amines is 1. The molecule has 3 heterocycles. The molecule has 2 aromatic carbocycles. The molecular formula is C23H22FN7O. The van der Waals surface area contributed by atoms with Crippen molar-refractivity contribution >= 4 is 33.4 Å². The lowest BCUT2D eigenvalue weighted by molar-refractivity contribution is 0.635. The van der Waals surface area contributed by atoms with E-state index in [1.807, 2.05) is 50.2 Å². The lowest BCUT2D eigenvalue weighted by Gasteiger charge is -2.16. The van der Waals surface area contributed by atoms with E-state index < -0.39 is 11.4 Å². The molecule has 0 saturated carbocycles. The van der Waals surface area contributed by atoms with Gasteiger partial charge in [0.25, 0.3) is 5.56 Å². The van der Waals surface area contributed by atoms with Crippen molar-refractivity contribution in [3.63, 3.8) is 0 Å². The van der Waals surface area contributed by atoms with Gasteiger partial charge in [-0.15, -0.1) is 0 Å². The summed E-state index contributed by atoms with van der Waals surface area (Å²) >= 11 is 0. The molecule has 0 spiro atoms. The number of rotatable bonds is 5. The van der Waals surface area contributed by atoms with Crippen molar-refractivity contribution in [3.8, 4) is 0 Å². The quantitative estimate of drug-likeness (QED) is 0.383. The SMILES string of the molecule is CC.O=c1c2c(F)cccc2nc(CNc2ncnc3[nH]ccc23)n1Nc1ccccc1. The van der Waals surface area contributed by atoms with E-state index in [4.69, 9.17) is 0 Å². The van der Waals surface area contributed by atoms with E-state index in [2.05, 4.69) is 30.7 Å². The third-order valence-corrected chi connectivity index (χ3v) is 4.70. The Morgan fingerprint density at radius 2 is 1.84 bits per heavy atom. The number of H-pyrrole nitrogens is 1.